The van der Waals surface area contributed by atoms with Gasteiger partial charge in [-0.25, -0.2) is 20.0 Å². The Morgan fingerprint density at radius 2 is 0.539 bits per heavy atom. The van der Waals surface area contributed by atoms with Gasteiger partial charge in [-0.3, -0.25) is 0 Å². The van der Waals surface area contributed by atoms with Gasteiger partial charge in [0.05, 0.1) is 51.7 Å². The second-order valence-electron chi connectivity index (χ2n) is 19.6. The van der Waals surface area contributed by atoms with Gasteiger partial charge in [0, 0.05) is 0 Å². The summed E-state index contributed by atoms with van der Waals surface area (Å²) in [5.41, 5.74) is 14.3. The van der Waals surface area contributed by atoms with Crippen LogP contribution in [0.1, 0.15) is 79.1 Å². The number of benzene rings is 8. The van der Waals surface area contributed by atoms with E-state index >= 15 is 0 Å². The van der Waals surface area contributed by atoms with Crippen molar-refractivity contribution in [2.24, 2.45) is 20.0 Å². The van der Waals surface area contributed by atoms with Crippen LogP contribution in [0.2, 0.25) is 0 Å². The van der Waals surface area contributed by atoms with Crippen LogP contribution in [0.5, 0.6) is 23.0 Å². The number of rotatable bonds is 27. The maximum absolute atomic E-state index is 6.18. The van der Waals surface area contributed by atoms with Crippen LogP contribution in [0.25, 0.3) is 22.3 Å². The Kier molecular flexibility index (Phi) is 25.2. The maximum Gasteiger partial charge on any atom is 0.119 e. The molecular weight excluding hydrogens is 1090 g/mol. The smallest absolute Gasteiger partial charge is 0.119 e. The van der Waals surface area contributed by atoms with Gasteiger partial charge in [0.25, 0.3) is 0 Å². The molecule has 0 unspecified atom stereocenters. The molecule has 8 rings (SSSR count). The van der Waals surface area contributed by atoms with E-state index in [1.54, 1.807) is 6.08 Å². The third-order valence-corrected chi connectivity index (χ3v) is 13.6. The summed E-state index contributed by atoms with van der Waals surface area (Å²) < 4.78 is 24.1. The van der Waals surface area contributed by atoms with Crippen molar-refractivity contribution in [1.29, 1.82) is 0 Å². The molecule has 0 aromatic heterocycles. The fourth-order valence-corrected chi connectivity index (χ4v) is 8.88. The van der Waals surface area contributed by atoms with Crippen molar-refractivity contribution < 1.29 is 18.9 Å². The molecule has 8 nitrogen and oxygen atoms in total. The minimum Gasteiger partial charge on any atom is -0.494 e. The number of aliphatic imine (C=N–C) groups is 4. The monoisotopic (exact) mass is 1160 g/mol. The average molecular weight is 1170 g/mol. The Morgan fingerprint density at radius 3 is 0.764 bits per heavy atom. The van der Waals surface area contributed by atoms with Crippen LogP contribution >= 0.6 is 0 Å². The average Bonchev–Trinajstić information content (AvgIpc) is 3.18. The predicted octanol–water partition coefficient (Wildman–Crippen LogP) is 19.2. The summed E-state index contributed by atoms with van der Waals surface area (Å²) in [7, 11) is 0. The van der Waals surface area contributed by atoms with E-state index in [9.17, 15) is 0 Å². The maximum atomic E-state index is 6.18. The van der Waals surface area contributed by atoms with Crippen molar-refractivity contribution in [3.8, 4) is 23.0 Å². The van der Waals surface area contributed by atoms with E-state index in [1.807, 2.05) is 277 Å². The summed E-state index contributed by atoms with van der Waals surface area (Å²) in [6, 6.07) is 72.4. The molecule has 8 aromatic carbocycles. The second-order valence-corrected chi connectivity index (χ2v) is 19.6. The van der Waals surface area contributed by atoms with Crippen LogP contribution in [0.4, 0.5) is 0 Å². The molecule has 0 amide bonds. The van der Waals surface area contributed by atoms with E-state index < -0.39 is 0 Å². The highest BCUT2D eigenvalue weighted by Crippen LogP contribution is 2.28. The summed E-state index contributed by atoms with van der Waals surface area (Å²) in [5, 5.41) is 0. The largest absolute Gasteiger partial charge is 0.494 e. The molecule has 0 radical (unpaired) electrons. The van der Waals surface area contributed by atoms with Crippen LogP contribution < -0.4 is 18.9 Å². The Bertz CT molecular complexity index is 4100. The molecule has 0 fully saturated rings. The normalized spacial score (nSPS) is 11.6. The Morgan fingerprint density at radius 1 is 0.315 bits per heavy atom. The molecule has 89 heavy (non-hydrogen) atoms. The molecule has 0 spiro atoms. The van der Waals surface area contributed by atoms with Crippen molar-refractivity contribution >= 4 is 45.8 Å². The van der Waals surface area contributed by atoms with E-state index in [2.05, 4.69) is 71.4 Å². The predicted molar refractivity (Wildman–Crippen MR) is 372 cm³/mol. The molecule has 0 heterocycles. The van der Waals surface area contributed by atoms with Gasteiger partial charge in [0.2, 0.25) is 0 Å². The number of allylic oxidation sites excluding steroid dienone is 8. The van der Waals surface area contributed by atoms with Crippen LogP contribution in [0, 0.1) is 0 Å². The highest BCUT2D eigenvalue weighted by Gasteiger charge is 2.10. The van der Waals surface area contributed by atoms with E-state index in [0.717, 1.165) is 113 Å². The lowest BCUT2D eigenvalue weighted by Crippen LogP contribution is -1.95. The number of hydrogen-bond donors (Lipinski definition) is 0. The lowest BCUT2D eigenvalue weighted by Gasteiger charge is -2.08. The van der Waals surface area contributed by atoms with Gasteiger partial charge < -0.3 is 18.9 Å². The van der Waals surface area contributed by atoms with Crippen LogP contribution in [-0.4, -0.2) is 49.9 Å². The van der Waals surface area contributed by atoms with Crippen molar-refractivity contribution in [2.45, 2.75) is 34.6 Å². The molecule has 0 aliphatic rings. The first-order chi connectivity index (χ1) is 43.9. The van der Waals surface area contributed by atoms with Crippen molar-refractivity contribution in [1.82, 2.24) is 0 Å². The molecule has 8 heteroatoms. The van der Waals surface area contributed by atoms with E-state index in [-0.39, 0.29) is 0 Å². The summed E-state index contributed by atoms with van der Waals surface area (Å²) in [6.45, 7) is 15.3. The van der Waals surface area contributed by atoms with Gasteiger partial charge in [-0.15, -0.1) is 0 Å². The first-order valence-electron chi connectivity index (χ1n) is 29.6. The third-order valence-electron chi connectivity index (χ3n) is 13.6. The SMILES string of the molecule is C=C/C(=C\C)N=C=C(c1ccccc1)c1ccc(OC/C=C/C(=C\C)N=C=C(c2ccccc2)c2ccc(OC/C=C/C(=C\C)N=C=C(c3ccccc3)c3ccc(OC/C=C/C(=C\C)N=C=C(c4ccccc4)c4ccc(OCC)cc4)cc3)cc2)cc1. The first kappa shape index (κ1) is 63.7. The lowest BCUT2D eigenvalue weighted by atomic mass is 9.99. The van der Waals surface area contributed by atoms with Crippen LogP contribution in [0.15, 0.2) is 335 Å². The van der Waals surface area contributed by atoms with Crippen LogP contribution in [0.3, 0.4) is 0 Å². The minimum atomic E-state index is 0.337. The molecule has 0 aliphatic carbocycles. The lowest BCUT2D eigenvalue weighted by molar-refractivity contribution is 0.340. The minimum absolute atomic E-state index is 0.337. The summed E-state index contributed by atoms with van der Waals surface area (Å²) >= 11 is 0. The number of nitrogens with zero attached hydrogens (tertiary/aromatic N) is 4. The summed E-state index contributed by atoms with van der Waals surface area (Å²) in [6.07, 6.45) is 21.1. The molecular formula is C81H72N4O4. The summed E-state index contributed by atoms with van der Waals surface area (Å²) in [5.74, 6) is 16.3. The molecule has 0 N–H and O–H groups in total. The molecule has 8 aromatic rings. The standard InChI is InChI=1S/C81H72N4O4/c1-7-70(8-2)82-58-78(62-28-17-13-18-29-62)67-41-49-75(50-42-67)87-55-26-37-72(10-4)84-60-80(64-32-21-15-22-33-64)69-45-53-77(54-46-69)89-57-27-38-73(11-5)85-61-81(65-34-23-16-24-35-65)68-43-51-76(52-44-68)88-56-25-36-71(9-3)83-59-79(63-30-19-14-20-31-63)66-39-47-74(48-40-66)86-12-6/h7-11,13-54H,1,12,55-57H2,2-6H3/b36-25+,37-26+,38-27+,70-8+,71-9+,72-10+,73-11+. The van der Waals surface area contributed by atoms with Crippen LogP contribution in [-0.2, 0) is 0 Å². The molecule has 440 valence electrons. The van der Waals surface area contributed by atoms with Gasteiger partial charge in [-0.2, -0.15) is 0 Å². The Labute approximate surface area is 525 Å². The van der Waals surface area contributed by atoms with Gasteiger partial charge in [-0.05, 0) is 242 Å². The van der Waals surface area contributed by atoms with Crippen molar-refractivity contribution in [2.75, 3.05) is 26.4 Å². The number of ether oxygens (including phenoxy) is 4. The second kappa shape index (κ2) is 35.2. The fraction of sp³-hybridized carbons (Fsp3) is 0.111. The zero-order valence-corrected chi connectivity index (χ0v) is 51.1. The fourth-order valence-electron chi connectivity index (χ4n) is 8.88. The topological polar surface area (TPSA) is 86.4 Å². The third kappa shape index (κ3) is 19.9. The quantitative estimate of drug-likeness (QED) is 0.0379. The first-order valence-corrected chi connectivity index (χ1v) is 29.6. The molecule has 0 atom stereocenters. The Hall–Kier alpha value is -11.3. The van der Waals surface area contributed by atoms with Gasteiger partial charge in [-0.1, -0.05) is 152 Å². The Balaban J connectivity index is 0.873. The summed E-state index contributed by atoms with van der Waals surface area (Å²) in [4.78, 5) is 18.8. The highest BCUT2D eigenvalue weighted by atomic mass is 16.5. The van der Waals surface area contributed by atoms with Gasteiger partial charge in [0.15, 0.2) is 0 Å². The molecule has 0 aliphatic heterocycles. The van der Waals surface area contributed by atoms with E-state index in [0.29, 0.717) is 26.4 Å². The zero-order valence-electron chi connectivity index (χ0n) is 51.1. The number of hydrogen-bond acceptors (Lipinski definition) is 8. The van der Waals surface area contributed by atoms with E-state index in [4.69, 9.17) is 33.9 Å². The molecule has 0 bridgehead atoms. The van der Waals surface area contributed by atoms with Gasteiger partial charge in [0.1, 0.15) is 42.8 Å². The van der Waals surface area contributed by atoms with Crippen molar-refractivity contribution in [3.05, 3.63) is 359 Å². The van der Waals surface area contributed by atoms with Gasteiger partial charge >= 0.3 is 0 Å². The molecule has 0 saturated heterocycles. The zero-order chi connectivity index (χ0) is 62.1. The molecule has 0 saturated carbocycles. The highest BCUT2D eigenvalue weighted by molar-refractivity contribution is 6.01. The van der Waals surface area contributed by atoms with Crippen molar-refractivity contribution in [3.63, 3.8) is 0 Å². The van der Waals surface area contributed by atoms with E-state index in [1.165, 1.54) is 0 Å².